The minimum absolute atomic E-state index is 0.402. The molecule has 0 aliphatic carbocycles. The van der Waals surface area contributed by atoms with E-state index in [1.807, 2.05) is 6.07 Å². The normalized spacial score (nSPS) is 9.71. The minimum Gasteiger partial charge on any atom is -0.300 e. The summed E-state index contributed by atoms with van der Waals surface area (Å²) in [5.41, 5.74) is 4.22. The fraction of sp³-hybridized carbons (Fsp3) is 0. The third kappa shape index (κ3) is 1.32. The monoisotopic (exact) mass is 206 g/mol. The molecule has 0 fully saturated rings. The van der Waals surface area contributed by atoms with Crippen molar-refractivity contribution in [1.29, 1.82) is 5.26 Å². The molecule has 0 aliphatic rings. The molecule has 2 aromatic rings. The number of nitrogen functional groups attached to an aromatic ring is 1. The molecule has 0 amide bonds. The number of H-pyrrole nitrogens is 1. The van der Waals surface area contributed by atoms with Crippen molar-refractivity contribution in [3.8, 4) is 17.3 Å². The van der Waals surface area contributed by atoms with Crippen LogP contribution in [-0.2, 0) is 0 Å². The van der Waals surface area contributed by atoms with Crippen LogP contribution in [0.25, 0.3) is 11.3 Å². The van der Waals surface area contributed by atoms with Crippen LogP contribution in [0.1, 0.15) is 5.69 Å². The molecule has 0 atom stereocenters. The number of hydrogen-bond acceptors (Lipinski definition) is 6. The summed E-state index contributed by atoms with van der Waals surface area (Å²) >= 11 is 1.37. The Hall–Kier alpha value is -1.91. The van der Waals surface area contributed by atoms with Crippen LogP contribution in [0.3, 0.4) is 0 Å². The standard InChI is InChI=1S/C7H6N6S/c8-1-5-4(2-10-13-5)6-3-14-7(11-6)12-9/h2-3H,9H2,(H,10,13)(H,11,12). The molecule has 0 radical (unpaired) electrons. The van der Waals surface area contributed by atoms with Gasteiger partial charge in [0.25, 0.3) is 0 Å². The summed E-state index contributed by atoms with van der Waals surface area (Å²) in [5, 5.41) is 17.5. The lowest BCUT2D eigenvalue weighted by molar-refractivity contribution is 1.07. The van der Waals surface area contributed by atoms with E-state index in [2.05, 4.69) is 20.6 Å². The van der Waals surface area contributed by atoms with E-state index in [1.54, 1.807) is 11.6 Å². The Morgan fingerprint density at radius 3 is 3.14 bits per heavy atom. The number of hydrazine groups is 1. The molecule has 7 heteroatoms. The highest BCUT2D eigenvalue weighted by Crippen LogP contribution is 2.25. The van der Waals surface area contributed by atoms with Gasteiger partial charge in [-0.05, 0) is 0 Å². The predicted octanol–water partition coefficient (Wildman–Crippen LogP) is 0.690. The molecule has 0 saturated heterocycles. The topological polar surface area (TPSA) is 103 Å². The molecule has 0 bridgehead atoms. The largest absolute Gasteiger partial charge is 0.300 e. The second-order valence-corrected chi connectivity index (χ2v) is 3.31. The van der Waals surface area contributed by atoms with Gasteiger partial charge in [0.2, 0.25) is 0 Å². The van der Waals surface area contributed by atoms with E-state index in [1.165, 1.54) is 11.3 Å². The zero-order valence-corrected chi connectivity index (χ0v) is 7.80. The number of aromatic nitrogens is 3. The number of rotatable bonds is 2. The second kappa shape index (κ2) is 3.45. The number of hydrogen-bond donors (Lipinski definition) is 3. The average molecular weight is 206 g/mol. The number of nitrogens with one attached hydrogen (secondary N) is 2. The van der Waals surface area contributed by atoms with E-state index in [0.717, 1.165) is 0 Å². The number of aromatic amines is 1. The summed E-state index contributed by atoms with van der Waals surface area (Å²) in [6.07, 6.45) is 1.56. The van der Waals surface area contributed by atoms with Crippen molar-refractivity contribution in [2.24, 2.45) is 5.84 Å². The predicted molar refractivity (Wildman–Crippen MR) is 52.2 cm³/mol. The highest BCUT2D eigenvalue weighted by molar-refractivity contribution is 7.14. The van der Waals surface area contributed by atoms with Crippen LogP contribution in [0.2, 0.25) is 0 Å². The SMILES string of the molecule is N#Cc1[nH]ncc1-c1csc(NN)n1. The third-order valence-corrected chi connectivity index (χ3v) is 2.43. The van der Waals surface area contributed by atoms with Gasteiger partial charge in [0.1, 0.15) is 11.8 Å². The first kappa shape index (κ1) is 8.68. The van der Waals surface area contributed by atoms with Crippen LogP contribution < -0.4 is 11.3 Å². The molecule has 0 unspecified atom stereocenters. The van der Waals surface area contributed by atoms with Gasteiger partial charge < -0.3 is 0 Å². The second-order valence-electron chi connectivity index (χ2n) is 2.45. The van der Waals surface area contributed by atoms with Crippen LogP contribution in [0.15, 0.2) is 11.6 Å². The van der Waals surface area contributed by atoms with E-state index >= 15 is 0 Å². The Labute approximate surface area is 83.4 Å². The summed E-state index contributed by atoms with van der Waals surface area (Å²) in [6.45, 7) is 0. The van der Waals surface area contributed by atoms with Crippen LogP contribution in [-0.4, -0.2) is 15.2 Å². The molecule has 2 aromatic heterocycles. The molecular formula is C7H6N6S. The van der Waals surface area contributed by atoms with Gasteiger partial charge in [-0.25, -0.2) is 10.8 Å². The van der Waals surface area contributed by atoms with Gasteiger partial charge in [-0.2, -0.15) is 10.4 Å². The van der Waals surface area contributed by atoms with Crippen molar-refractivity contribution < 1.29 is 0 Å². The molecule has 4 N–H and O–H groups in total. The third-order valence-electron chi connectivity index (χ3n) is 1.65. The van der Waals surface area contributed by atoms with Crippen molar-refractivity contribution in [3.05, 3.63) is 17.3 Å². The molecule has 0 saturated carbocycles. The first-order valence-corrected chi connectivity index (χ1v) is 4.59. The molecule has 2 heterocycles. The maximum atomic E-state index is 8.75. The first-order chi connectivity index (χ1) is 6.85. The number of nitrogens with zero attached hydrogens (tertiary/aromatic N) is 3. The molecule has 14 heavy (non-hydrogen) atoms. The summed E-state index contributed by atoms with van der Waals surface area (Å²) in [6, 6.07) is 2.00. The van der Waals surface area contributed by atoms with Crippen LogP contribution in [0.4, 0.5) is 5.13 Å². The molecule has 0 spiro atoms. The van der Waals surface area contributed by atoms with Gasteiger partial charge in [0, 0.05) is 5.38 Å². The number of anilines is 1. The zero-order chi connectivity index (χ0) is 9.97. The number of nitrogens with two attached hydrogens (primary N) is 1. The van der Waals surface area contributed by atoms with E-state index in [0.29, 0.717) is 22.1 Å². The zero-order valence-electron chi connectivity index (χ0n) is 6.98. The Bertz CT molecular complexity index is 478. The van der Waals surface area contributed by atoms with Crippen LogP contribution in [0, 0.1) is 11.3 Å². The van der Waals surface area contributed by atoms with Crippen LogP contribution >= 0.6 is 11.3 Å². The number of nitriles is 1. The lowest BCUT2D eigenvalue weighted by Crippen LogP contribution is -2.05. The van der Waals surface area contributed by atoms with Gasteiger partial charge in [-0.3, -0.25) is 10.5 Å². The fourth-order valence-corrected chi connectivity index (χ4v) is 1.65. The quantitative estimate of drug-likeness (QED) is 0.495. The smallest absolute Gasteiger partial charge is 0.197 e. The van der Waals surface area contributed by atoms with Crippen LogP contribution in [0.5, 0.6) is 0 Å². The van der Waals surface area contributed by atoms with E-state index in [4.69, 9.17) is 11.1 Å². The molecule has 70 valence electrons. The fourth-order valence-electron chi connectivity index (χ4n) is 1.03. The highest BCUT2D eigenvalue weighted by Gasteiger charge is 2.10. The molecular weight excluding hydrogens is 200 g/mol. The first-order valence-electron chi connectivity index (χ1n) is 3.71. The van der Waals surface area contributed by atoms with E-state index in [-0.39, 0.29) is 0 Å². The maximum absolute atomic E-state index is 8.75. The Kier molecular flexibility index (Phi) is 2.14. The van der Waals surface area contributed by atoms with Gasteiger partial charge in [0.05, 0.1) is 17.5 Å². The minimum atomic E-state index is 0.402. The summed E-state index contributed by atoms with van der Waals surface area (Å²) in [7, 11) is 0. The molecule has 2 rings (SSSR count). The Balaban J connectivity index is 2.45. The lowest BCUT2D eigenvalue weighted by Gasteiger charge is -1.90. The summed E-state index contributed by atoms with van der Waals surface area (Å²) in [4.78, 5) is 4.15. The molecule has 0 aliphatic heterocycles. The summed E-state index contributed by atoms with van der Waals surface area (Å²) in [5.74, 6) is 5.20. The van der Waals surface area contributed by atoms with Crippen molar-refractivity contribution in [1.82, 2.24) is 15.2 Å². The van der Waals surface area contributed by atoms with Gasteiger partial charge in [-0.1, -0.05) is 0 Å². The van der Waals surface area contributed by atoms with Crippen molar-refractivity contribution >= 4 is 16.5 Å². The number of thiazole rings is 1. The molecule has 0 aromatic carbocycles. The van der Waals surface area contributed by atoms with Crippen molar-refractivity contribution in [2.45, 2.75) is 0 Å². The van der Waals surface area contributed by atoms with Crippen molar-refractivity contribution in [3.63, 3.8) is 0 Å². The van der Waals surface area contributed by atoms with Gasteiger partial charge in [-0.15, -0.1) is 11.3 Å². The maximum Gasteiger partial charge on any atom is 0.197 e. The molecule has 6 nitrogen and oxygen atoms in total. The lowest BCUT2D eigenvalue weighted by atomic mass is 10.2. The van der Waals surface area contributed by atoms with E-state index < -0.39 is 0 Å². The summed E-state index contributed by atoms with van der Waals surface area (Å²) < 4.78 is 0. The average Bonchev–Trinajstić information content (AvgIpc) is 2.85. The van der Waals surface area contributed by atoms with E-state index in [9.17, 15) is 0 Å². The Morgan fingerprint density at radius 1 is 1.64 bits per heavy atom. The van der Waals surface area contributed by atoms with Crippen molar-refractivity contribution in [2.75, 3.05) is 5.43 Å². The highest BCUT2D eigenvalue weighted by atomic mass is 32.1. The Morgan fingerprint density at radius 2 is 2.50 bits per heavy atom. The van der Waals surface area contributed by atoms with Gasteiger partial charge in [0.15, 0.2) is 5.13 Å². The van der Waals surface area contributed by atoms with Gasteiger partial charge >= 0.3 is 0 Å².